The van der Waals surface area contributed by atoms with E-state index in [0.717, 1.165) is 12.8 Å². The summed E-state index contributed by atoms with van der Waals surface area (Å²) < 4.78 is 19.1. The molecule has 2 aliphatic rings. The fraction of sp³-hybridized carbons (Fsp3) is 0.467. The van der Waals surface area contributed by atoms with Crippen LogP contribution in [0.4, 0.5) is 4.39 Å². The van der Waals surface area contributed by atoms with Crippen LogP contribution in [0.1, 0.15) is 28.8 Å². The van der Waals surface area contributed by atoms with Crippen LogP contribution in [0.5, 0.6) is 0 Å². The molecule has 0 aliphatic carbocycles. The van der Waals surface area contributed by atoms with Crippen molar-refractivity contribution in [2.75, 3.05) is 13.2 Å². The Morgan fingerprint density at radius 1 is 1.35 bits per heavy atom. The number of halogens is 1. The average molecular weight is 274 g/mol. The molecular formula is C15H15FN2O2. The number of nitrogens with one attached hydrogen (secondary N) is 1. The van der Waals surface area contributed by atoms with E-state index in [0.29, 0.717) is 18.8 Å². The first-order chi connectivity index (χ1) is 9.67. The van der Waals surface area contributed by atoms with Gasteiger partial charge in [0.15, 0.2) is 5.78 Å². The van der Waals surface area contributed by atoms with E-state index in [1.165, 1.54) is 18.2 Å². The Kier molecular flexibility index (Phi) is 3.51. The van der Waals surface area contributed by atoms with Gasteiger partial charge in [-0.1, -0.05) is 0 Å². The lowest BCUT2D eigenvalue weighted by Crippen LogP contribution is -2.55. The van der Waals surface area contributed by atoms with E-state index in [1.54, 1.807) is 6.07 Å². The van der Waals surface area contributed by atoms with Crippen LogP contribution >= 0.6 is 0 Å². The molecule has 4 nitrogen and oxygen atoms in total. The Morgan fingerprint density at radius 3 is 2.65 bits per heavy atom. The molecule has 20 heavy (non-hydrogen) atoms. The van der Waals surface area contributed by atoms with Gasteiger partial charge >= 0.3 is 0 Å². The minimum absolute atomic E-state index is 0.0304. The van der Waals surface area contributed by atoms with Gasteiger partial charge in [0, 0.05) is 23.6 Å². The summed E-state index contributed by atoms with van der Waals surface area (Å²) in [4.78, 5) is 12.5. The van der Waals surface area contributed by atoms with E-state index in [2.05, 4.69) is 5.32 Å². The zero-order chi connectivity index (χ0) is 14.1. The lowest BCUT2D eigenvalue weighted by Gasteiger charge is -2.39. The molecule has 0 radical (unpaired) electrons. The van der Waals surface area contributed by atoms with Gasteiger partial charge in [-0.3, -0.25) is 4.79 Å². The molecule has 1 aromatic carbocycles. The molecule has 2 saturated heterocycles. The van der Waals surface area contributed by atoms with Gasteiger partial charge in [-0.05, 0) is 31.0 Å². The second-order valence-electron chi connectivity index (χ2n) is 5.44. The van der Waals surface area contributed by atoms with Crippen LogP contribution in [0.2, 0.25) is 0 Å². The van der Waals surface area contributed by atoms with Crippen LogP contribution in [-0.2, 0) is 4.74 Å². The summed E-state index contributed by atoms with van der Waals surface area (Å²) in [6.45, 7) is 1.25. The Hall–Kier alpha value is -1.77. The number of rotatable bonds is 2. The van der Waals surface area contributed by atoms with Crippen molar-refractivity contribution in [1.82, 2.24) is 5.32 Å². The van der Waals surface area contributed by atoms with E-state index in [9.17, 15) is 9.18 Å². The van der Waals surface area contributed by atoms with Gasteiger partial charge in [0.25, 0.3) is 0 Å². The summed E-state index contributed by atoms with van der Waals surface area (Å²) in [5.41, 5.74) is 0.324. The number of fused-ring (bicyclic) bond motifs is 2. The molecule has 0 amide bonds. The maximum atomic E-state index is 13.6. The number of carbonyl (C=O) groups excluding carboxylic acids is 1. The number of piperidine rings is 1. The van der Waals surface area contributed by atoms with Crippen LogP contribution in [0.3, 0.4) is 0 Å². The van der Waals surface area contributed by atoms with Crippen LogP contribution in [0, 0.1) is 23.1 Å². The third-order valence-corrected chi connectivity index (χ3v) is 3.99. The quantitative estimate of drug-likeness (QED) is 0.833. The Labute approximate surface area is 116 Å². The SMILES string of the molecule is N#Cc1ccc(C(=O)C2CC3COCC(C2)N3)cc1F. The number of benzene rings is 1. The fourth-order valence-electron chi connectivity index (χ4n) is 3.05. The van der Waals surface area contributed by atoms with Crippen molar-refractivity contribution in [2.24, 2.45) is 5.92 Å². The molecular weight excluding hydrogens is 259 g/mol. The molecule has 0 spiro atoms. The van der Waals surface area contributed by atoms with Gasteiger partial charge in [0.05, 0.1) is 18.8 Å². The van der Waals surface area contributed by atoms with E-state index in [4.69, 9.17) is 10.00 Å². The Morgan fingerprint density at radius 2 is 2.05 bits per heavy atom. The summed E-state index contributed by atoms with van der Waals surface area (Å²) in [6.07, 6.45) is 1.44. The van der Waals surface area contributed by atoms with Crippen molar-refractivity contribution in [3.63, 3.8) is 0 Å². The third kappa shape index (κ3) is 2.45. The van der Waals surface area contributed by atoms with Gasteiger partial charge in [-0.2, -0.15) is 5.26 Å². The first-order valence-electron chi connectivity index (χ1n) is 6.75. The zero-order valence-electron chi connectivity index (χ0n) is 10.9. The molecule has 3 rings (SSSR count). The van der Waals surface area contributed by atoms with Gasteiger partial charge in [0.2, 0.25) is 0 Å². The van der Waals surface area contributed by atoms with E-state index in [-0.39, 0.29) is 29.3 Å². The van der Waals surface area contributed by atoms with Crippen molar-refractivity contribution in [1.29, 1.82) is 5.26 Å². The van der Waals surface area contributed by atoms with E-state index in [1.807, 2.05) is 0 Å². The Bertz CT molecular complexity index is 570. The van der Waals surface area contributed by atoms with Gasteiger partial charge in [-0.15, -0.1) is 0 Å². The molecule has 2 aliphatic heterocycles. The molecule has 2 unspecified atom stereocenters. The maximum absolute atomic E-state index is 13.6. The van der Waals surface area contributed by atoms with Gasteiger partial charge < -0.3 is 10.1 Å². The minimum atomic E-state index is -0.629. The topological polar surface area (TPSA) is 62.1 Å². The number of ketones is 1. The van der Waals surface area contributed by atoms with Crippen LogP contribution in [0.15, 0.2) is 18.2 Å². The predicted molar refractivity (Wildman–Crippen MR) is 69.7 cm³/mol. The highest BCUT2D eigenvalue weighted by Gasteiger charge is 2.35. The first kappa shape index (κ1) is 13.2. The fourth-order valence-corrected chi connectivity index (χ4v) is 3.05. The molecule has 2 heterocycles. The smallest absolute Gasteiger partial charge is 0.166 e. The molecule has 2 fully saturated rings. The molecule has 104 valence electrons. The van der Waals surface area contributed by atoms with Crippen molar-refractivity contribution in [3.05, 3.63) is 35.1 Å². The lowest BCUT2D eigenvalue weighted by molar-refractivity contribution is 0.00952. The molecule has 5 heteroatoms. The second kappa shape index (κ2) is 5.31. The van der Waals surface area contributed by atoms with Crippen LogP contribution in [-0.4, -0.2) is 31.1 Å². The Balaban J connectivity index is 1.79. The first-order valence-corrected chi connectivity index (χ1v) is 6.75. The molecule has 0 aromatic heterocycles. The normalized spacial score (nSPS) is 28.7. The van der Waals surface area contributed by atoms with Crippen molar-refractivity contribution in [3.8, 4) is 6.07 Å². The predicted octanol–water partition coefficient (Wildman–Crippen LogP) is 1.65. The third-order valence-electron chi connectivity index (χ3n) is 3.99. The van der Waals surface area contributed by atoms with Crippen molar-refractivity contribution in [2.45, 2.75) is 24.9 Å². The highest BCUT2D eigenvalue weighted by atomic mass is 19.1. The number of morpholine rings is 1. The summed E-state index contributed by atoms with van der Waals surface area (Å²) in [5.74, 6) is -0.759. The molecule has 2 bridgehead atoms. The van der Waals surface area contributed by atoms with Crippen LogP contribution < -0.4 is 5.32 Å². The van der Waals surface area contributed by atoms with Crippen molar-refractivity contribution < 1.29 is 13.9 Å². The number of ether oxygens (including phenoxy) is 1. The number of hydrogen-bond acceptors (Lipinski definition) is 4. The van der Waals surface area contributed by atoms with Gasteiger partial charge in [0.1, 0.15) is 11.9 Å². The average Bonchev–Trinajstić information content (AvgIpc) is 2.46. The maximum Gasteiger partial charge on any atom is 0.166 e. The monoisotopic (exact) mass is 274 g/mol. The number of nitriles is 1. The molecule has 0 saturated carbocycles. The highest BCUT2D eigenvalue weighted by molar-refractivity contribution is 5.98. The number of hydrogen-bond donors (Lipinski definition) is 1. The number of carbonyl (C=O) groups is 1. The van der Waals surface area contributed by atoms with E-state index < -0.39 is 5.82 Å². The number of nitrogens with zero attached hydrogens (tertiary/aromatic N) is 1. The minimum Gasteiger partial charge on any atom is -0.378 e. The van der Waals surface area contributed by atoms with E-state index >= 15 is 0 Å². The highest BCUT2D eigenvalue weighted by Crippen LogP contribution is 2.27. The molecule has 2 atom stereocenters. The lowest BCUT2D eigenvalue weighted by atomic mass is 9.82. The van der Waals surface area contributed by atoms with Gasteiger partial charge in [-0.25, -0.2) is 4.39 Å². The second-order valence-corrected chi connectivity index (χ2v) is 5.44. The number of Topliss-reactive ketones (excluding diaryl/α,β-unsaturated/α-hetero) is 1. The summed E-state index contributed by atoms with van der Waals surface area (Å²) in [6, 6.07) is 6.26. The van der Waals surface area contributed by atoms with Crippen LogP contribution in [0.25, 0.3) is 0 Å². The van der Waals surface area contributed by atoms with Crippen molar-refractivity contribution >= 4 is 5.78 Å². The summed E-state index contributed by atoms with van der Waals surface area (Å²) in [5, 5.41) is 12.1. The molecule has 1 aromatic rings. The largest absolute Gasteiger partial charge is 0.378 e. The summed E-state index contributed by atoms with van der Waals surface area (Å²) in [7, 11) is 0. The summed E-state index contributed by atoms with van der Waals surface area (Å²) >= 11 is 0. The molecule has 1 N–H and O–H groups in total. The standard InChI is InChI=1S/C15H15FN2O2/c16-14-5-9(1-2-10(14)6-17)15(19)11-3-12-7-20-8-13(4-11)18-12/h1-2,5,11-13,18H,3-4,7-8H2. The zero-order valence-corrected chi connectivity index (χ0v) is 10.9.